The number of carbonyl (C=O) groups is 2. The van der Waals surface area contributed by atoms with Crippen LogP contribution in [0.15, 0.2) is 78.8 Å². The highest BCUT2D eigenvalue weighted by Crippen LogP contribution is 2.33. The van der Waals surface area contributed by atoms with Crippen molar-refractivity contribution in [2.75, 3.05) is 19.0 Å². The molecular weight excluding hydrogens is 418 g/mol. The number of hydrogen-bond donors (Lipinski definition) is 1. The molecule has 0 spiro atoms. The zero-order valence-corrected chi connectivity index (χ0v) is 18.6. The second-order valence-corrected chi connectivity index (χ2v) is 7.53. The normalized spacial score (nSPS) is 13.5. The summed E-state index contributed by atoms with van der Waals surface area (Å²) in [4.78, 5) is 32.1. The molecule has 0 saturated heterocycles. The molecule has 2 heterocycles. The van der Waals surface area contributed by atoms with Crippen molar-refractivity contribution < 1.29 is 19.1 Å². The lowest BCUT2D eigenvalue weighted by Crippen LogP contribution is -2.32. The zero-order chi connectivity index (χ0) is 23.2. The van der Waals surface area contributed by atoms with Crippen LogP contribution in [0.2, 0.25) is 0 Å². The number of methoxy groups -OCH3 is 1. The molecule has 0 atom stereocenters. The Morgan fingerprint density at radius 1 is 0.939 bits per heavy atom. The summed E-state index contributed by atoms with van der Waals surface area (Å²) >= 11 is 0. The summed E-state index contributed by atoms with van der Waals surface area (Å²) in [7, 11) is 1.58. The minimum Gasteiger partial charge on any atom is -0.497 e. The van der Waals surface area contributed by atoms with Gasteiger partial charge in [-0.25, -0.2) is 0 Å². The fourth-order valence-corrected chi connectivity index (χ4v) is 3.56. The predicted octanol–water partition coefficient (Wildman–Crippen LogP) is 4.27. The Morgan fingerprint density at radius 3 is 2.39 bits per heavy atom. The average Bonchev–Trinajstić information content (AvgIpc) is 3.08. The molecule has 7 heteroatoms. The van der Waals surface area contributed by atoms with Crippen molar-refractivity contribution in [2.45, 2.75) is 19.9 Å². The molecule has 168 valence electrons. The molecule has 0 aliphatic carbocycles. The molecule has 0 fully saturated rings. The minimum atomic E-state index is -0.387. The van der Waals surface area contributed by atoms with Gasteiger partial charge in [0.05, 0.1) is 25.8 Å². The van der Waals surface area contributed by atoms with Crippen molar-refractivity contribution in [1.82, 2.24) is 9.88 Å². The summed E-state index contributed by atoms with van der Waals surface area (Å²) in [5.74, 6) is 0.615. The quantitative estimate of drug-likeness (QED) is 0.498. The summed E-state index contributed by atoms with van der Waals surface area (Å²) in [6.07, 6.45) is 4.17. The van der Waals surface area contributed by atoms with Crippen LogP contribution in [0.3, 0.4) is 0 Å². The van der Waals surface area contributed by atoms with Gasteiger partial charge in [0, 0.05) is 24.1 Å². The molecule has 2 aromatic carbocycles. The number of carbonyl (C=O) groups excluding carboxylic acids is 2. The van der Waals surface area contributed by atoms with E-state index in [0.29, 0.717) is 34.9 Å². The maximum Gasteiger partial charge on any atom is 0.278 e. The molecule has 1 aliphatic heterocycles. The van der Waals surface area contributed by atoms with E-state index in [-0.39, 0.29) is 24.1 Å². The van der Waals surface area contributed by atoms with Crippen LogP contribution >= 0.6 is 0 Å². The van der Waals surface area contributed by atoms with Gasteiger partial charge in [0.1, 0.15) is 17.2 Å². The van der Waals surface area contributed by atoms with E-state index >= 15 is 0 Å². The van der Waals surface area contributed by atoms with Gasteiger partial charge in [-0.15, -0.1) is 0 Å². The van der Waals surface area contributed by atoms with Gasteiger partial charge in [-0.1, -0.05) is 25.1 Å². The Balaban J connectivity index is 1.70. The molecule has 3 aromatic rings. The smallest absolute Gasteiger partial charge is 0.278 e. The van der Waals surface area contributed by atoms with E-state index in [1.165, 1.54) is 4.90 Å². The molecule has 0 bridgehead atoms. The van der Waals surface area contributed by atoms with Gasteiger partial charge in [-0.05, 0) is 53.9 Å². The number of ether oxygens (including phenoxy) is 2. The molecule has 33 heavy (non-hydrogen) atoms. The van der Waals surface area contributed by atoms with Crippen molar-refractivity contribution in [3.05, 3.63) is 89.9 Å². The standard InChI is InChI=1S/C26H25N3O4/c1-3-15-33-22-6-4-5-20(16-22)28-24-23(19-7-9-21(32-2)10-8-19)25(30)29(26(24)31)17-18-11-13-27-14-12-18/h4-14,16,28H,3,15,17H2,1-2H3. The second kappa shape index (κ2) is 9.99. The highest BCUT2D eigenvalue weighted by Gasteiger charge is 2.39. The molecule has 2 amide bonds. The predicted molar refractivity (Wildman–Crippen MR) is 126 cm³/mol. The highest BCUT2D eigenvalue weighted by molar-refractivity contribution is 6.36. The van der Waals surface area contributed by atoms with E-state index in [9.17, 15) is 9.59 Å². The van der Waals surface area contributed by atoms with Gasteiger partial charge in [-0.3, -0.25) is 19.5 Å². The molecule has 0 radical (unpaired) electrons. The molecule has 1 aromatic heterocycles. The fraction of sp³-hybridized carbons (Fsp3) is 0.192. The van der Waals surface area contributed by atoms with Gasteiger partial charge in [0.15, 0.2) is 0 Å². The number of amides is 2. The number of imide groups is 1. The SMILES string of the molecule is CCCOc1cccc(NC2=C(c3ccc(OC)cc3)C(=O)N(Cc3ccncc3)C2=O)c1. The van der Waals surface area contributed by atoms with E-state index in [1.807, 2.05) is 31.2 Å². The topological polar surface area (TPSA) is 80.8 Å². The number of nitrogens with one attached hydrogen (secondary N) is 1. The first-order valence-corrected chi connectivity index (χ1v) is 10.7. The van der Waals surface area contributed by atoms with Crippen LogP contribution in [0.1, 0.15) is 24.5 Å². The van der Waals surface area contributed by atoms with E-state index in [4.69, 9.17) is 9.47 Å². The van der Waals surface area contributed by atoms with Crippen LogP contribution in [-0.4, -0.2) is 35.4 Å². The van der Waals surface area contributed by atoms with Gasteiger partial charge < -0.3 is 14.8 Å². The number of anilines is 1. The van der Waals surface area contributed by atoms with Crippen molar-refractivity contribution in [3.8, 4) is 11.5 Å². The Kier molecular flexibility index (Phi) is 6.69. The first-order chi connectivity index (χ1) is 16.1. The molecule has 4 rings (SSSR count). The Bertz CT molecular complexity index is 1170. The molecular formula is C26H25N3O4. The Morgan fingerprint density at radius 2 is 1.70 bits per heavy atom. The van der Waals surface area contributed by atoms with Crippen molar-refractivity contribution in [2.24, 2.45) is 0 Å². The van der Waals surface area contributed by atoms with Gasteiger partial charge >= 0.3 is 0 Å². The second-order valence-electron chi connectivity index (χ2n) is 7.53. The van der Waals surface area contributed by atoms with Crippen LogP contribution in [0.5, 0.6) is 11.5 Å². The van der Waals surface area contributed by atoms with E-state index in [1.54, 1.807) is 55.9 Å². The first kappa shape index (κ1) is 22.1. The Hall–Kier alpha value is -4.13. The summed E-state index contributed by atoms with van der Waals surface area (Å²) in [5.41, 5.74) is 2.66. The van der Waals surface area contributed by atoms with Gasteiger partial charge in [-0.2, -0.15) is 0 Å². The first-order valence-electron chi connectivity index (χ1n) is 10.7. The van der Waals surface area contributed by atoms with Gasteiger partial charge in [0.2, 0.25) is 0 Å². The number of benzene rings is 2. The van der Waals surface area contributed by atoms with Crippen molar-refractivity contribution in [3.63, 3.8) is 0 Å². The number of rotatable bonds is 9. The average molecular weight is 444 g/mol. The summed E-state index contributed by atoms with van der Waals surface area (Å²) < 4.78 is 10.9. The van der Waals surface area contributed by atoms with Crippen LogP contribution in [0.25, 0.3) is 5.57 Å². The molecule has 0 saturated carbocycles. The summed E-state index contributed by atoms with van der Waals surface area (Å²) in [5, 5.41) is 3.17. The third-order valence-electron chi connectivity index (χ3n) is 5.21. The number of hydrogen-bond acceptors (Lipinski definition) is 6. The van der Waals surface area contributed by atoms with Crippen molar-refractivity contribution >= 4 is 23.1 Å². The zero-order valence-electron chi connectivity index (χ0n) is 18.6. The summed E-state index contributed by atoms with van der Waals surface area (Å²) in [6.45, 7) is 2.79. The van der Waals surface area contributed by atoms with E-state index in [2.05, 4.69) is 10.3 Å². The minimum absolute atomic E-state index is 0.157. The maximum absolute atomic E-state index is 13.4. The lowest BCUT2D eigenvalue weighted by Gasteiger charge is -2.15. The van der Waals surface area contributed by atoms with Crippen LogP contribution in [0.4, 0.5) is 5.69 Å². The molecule has 1 N–H and O–H groups in total. The van der Waals surface area contributed by atoms with E-state index < -0.39 is 0 Å². The highest BCUT2D eigenvalue weighted by atomic mass is 16.5. The van der Waals surface area contributed by atoms with Crippen LogP contribution in [0, 0.1) is 0 Å². The number of aromatic nitrogens is 1. The molecule has 0 unspecified atom stereocenters. The molecule has 7 nitrogen and oxygen atoms in total. The number of pyridine rings is 1. The largest absolute Gasteiger partial charge is 0.497 e. The molecule has 1 aliphatic rings. The number of nitrogens with zero attached hydrogens (tertiary/aromatic N) is 2. The van der Waals surface area contributed by atoms with Crippen molar-refractivity contribution in [1.29, 1.82) is 0 Å². The lowest BCUT2D eigenvalue weighted by molar-refractivity contribution is -0.137. The maximum atomic E-state index is 13.4. The third-order valence-corrected chi connectivity index (χ3v) is 5.21. The van der Waals surface area contributed by atoms with Crippen LogP contribution < -0.4 is 14.8 Å². The summed E-state index contributed by atoms with van der Waals surface area (Å²) in [6, 6.07) is 18.0. The monoisotopic (exact) mass is 443 g/mol. The van der Waals surface area contributed by atoms with Crippen LogP contribution in [-0.2, 0) is 16.1 Å². The Labute approximate surface area is 192 Å². The fourth-order valence-electron chi connectivity index (χ4n) is 3.56. The lowest BCUT2D eigenvalue weighted by atomic mass is 10.0. The third kappa shape index (κ3) is 4.87. The van der Waals surface area contributed by atoms with Gasteiger partial charge in [0.25, 0.3) is 11.8 Å². The van der Waals surface area contributed by atoms with E-state index in [0.717, 1.165) is 12.0 Å².